The van der Waals surface area contributed by atoms with Crippen LogP contribution in [0.15, 0.2) is 24.3 Å². The number of thiophene rings is 1. The second-order valence-corrected chi connectivity index (χ2v) is 6.77. The van der Waals surface area contributed by atoms with Gasteiger partial charge in [0.05, 0.1) is 10.5 Å². The zero-order chi connectivity index (χ0) is 14.0. The number of benzene rings is 1. The van der Waals surface area contributed by atoms with Crippen LogP contribution in [0.1, 0.15) is 37.1 Å². The molecule has 0 aliphatic rings. The van der Waals surface area contributed by atoms with Gasteiger partial charge in [0.25, 0.3) is 0 Å². The van der Waals surface area contributed by atoms with Crippen LogP contribution in [0.5, 0.6) is 0 Å². The van der Waals surface area contributed by atoms with E-state index in [1.165, 1.54) is 0 Å². The Bertz CT molecular complexity index is 572. The van der Waals surface area contributed by atoms with Crippen molar-refractivity contribution >= 4 is 20.6 Å². The van der Waals surface area contributed by atoms with Crippen LogP contribution < -0.4 is 12.4 Å². The topological polar surface area (TPSA) is 0 Å². The van der Waals surface area contributed by atoms with E-state index in [4.69, 9.17) is 0 Å². The van der Waals surface area contributed by atoms with Crippen LogP contribution in [0.3, 0.4) is 0 Å². The van der Waals surface area contributed by atoms with Crippen molar-refractivity contribution in [3.8, 4) is 0 Å². The van der Waals surface area contributed by atoms with Crippen LogP contribution in [-0.4, -0.2) is 0 Å². The zero-order valence-corrected chi connectivity index (χ0v) is 13.1. The molecule has 20 heavy (non-hydrogen) atoms. The van der Waals surface area contributed by atoms with Gasteiger partial charge in [-0.2, -0.15) is 0 Å². The van der Waals surface area contributed by atoms with E-state index in [1.807, 2.05) is 26.0 Å². The van der Waals surface area contributed by atoms with E-state index in [1.54, 1.807) is 12.1 Å². The van der Waals surface area contributed by atoms with Gasteiger partial charge >= 0.3 is 5.51 Å². The van der Waals surface area contributed by atoms with Crippen molar-refractivity contribution < 1.29 is 25.6 Å². The summed E-state index contributed by atoms with van der Waals surface area (Å²) >= 11 is 0. The van der Waals surface area contributed by atoms with Crippen molar-refractivity contribution in [3.63, 3.8) is 0 Å². The van der Waals surface area contributed by atoms with E-state index in [-0.39, 0.29) is 12.4 Å². The number of rotatable bonds is 4. The average Bonchev–Trinajstić information content (AvgIpc) is 2.67. The van der Waals surface area contributed by atoms with Crippen molar-refractivity contribution in [1.29, 1.82) is 0 Å². The lowest BCUT2D eigenvalue weighted by Gasteiger charge is -2.00. The minimum Gasteiger partial charge on any atom is -1.00 e. The molecule has 2 rings (SSSR count). The van der Waals surface area contributed by atoms with Crippen molar-refractivity contribution in [3.05, 3.63) is 34.7 Å². The molecule has 1 aromatic carbocycles. The number of hydrogen-bond donors (Lipinski definition) is 0. The van der Waals surface area contributed by atoms with Gasteiger partial charge in [0.15, 0.2) is 9.58 Å². The van der Waals surface area contributed by atoms with Crippen molar-refractivity contribution in [1.82, 2.24) is 0 Å². The second kappa shape index (κ2) is 6.81. The summed E-state index contributed by atoms with van der Waals surface area (Å²) in [6, 6.07) is 7.29. The van der Waals surface area contributed by atoms with E-state index in [2.05, 4.69) is 0 Å². The van der Waals surface area contributed by atoms with E-state index in [9.17, 15) is 13.2 Å². The lowest BCUT2D eigenvalue weighted by Crippen LogP contribution is -3.00. The molecular formula is C15H18ClF3S. The fourth-order valence-corrected chi connectivity index (χ4v) is 4.50. The van der Waals surface area contributed by atoms with Gasteiger partial charge in [-0.1, -0.05) is 26.3 Å². The molecule has 0 fully saturated rings. The Morgan fingerprint density at radius 1 is 1.00 bits per heavy atom. The van der Waals surface area contributed by atoms with Crippen LogP contribution in [-0.2, 0) is 18.3 Å². The van der Waals surface area contributed by atoms with Gasteiger partial charge in [-0.3, -0.25) is 0 Å². The van der Waals surface area contributed by atoms with Crippen LogP contribution >= 0.6 is 10.5 Å². The fourth-order valence-electron chi connectivity index (χ4n) is 2.39. The molecule has 2 aromatic rings. The smallest absolute Gasteiger partial charge is 0.600 e. The highest BCUT2D eigenvalue weighted by Gasteiger charge is 2.47. The Morgan fingerprint density at radius 2 is 1.65 bits per heavy atom. The quantitative estimate of drug-likeness (QED) is 0.759. The third-order valence-corrected chi connectivity index (χ3v) is 5.25. The van der Waals surface area contributed by atoms with Crippen LogP contribution in [0, 0.1) is 0 Å². The standard InChI is InChI=1S/C15H18F3S.ClH/c1-3-5-11-7-8-12-10-13(6-4-2)19(14(12)9-11)15(16,17)18;/h7-10H,3-6H2,1-2H3;1H/q+1;/p-1. The van der Waals surface area contributed by atoms with E-state index in [0.29, 0.717) is 16.0 Å². The first kappa shape index (κ1) is 17.3. The number of aryl methyl sites for hydroxylation is 2. The molecular weight excluding hydrogens is 305 g/mol. The Kier molecular flexibility index (Phi) is 5.90. The lowest BCUT2D eigenvalue weighted by atomic mass is 10.1. The monoisotopic (exact) mass is 322 g/mol. The maximum atomic E-state index is 13.3. The van der Waals surface area contributed by atoms with Crippen molar-refractivity contribution in [2.24, 2.45) is 0 Å². The molecule has 0 aliphatic heterocycles. The van der Waals surface area contributed by atoms with Crippen molar-refractivity contribution in [2.75, 3.05) is 0 Å². The molecule has 1 heterocycles. The van der Waals surface area contributed by atoms with E-state index >= 15 is 0 Å². The Morgan fingerprint density at radius 3 is 2.20 bits per heavy atom. The first-order valence-corrected chi connectivity index (χ1v) is 7.84. The fraction of sp³-hybridized carbons (Fsp3) is 0.467. The van der Waals surface area contributed by atoms with Gasteiger partial charge in [-0.25, -0.2) is 0 Å². The maximum absolute atomic E-state index is 13.3. The normalized spacial score (nSPS) is 12.6. The SMILES string of the molecule is CCCc1ccc2cc(CCC)[s+](C(F)(F)F)c2c1.[Cl-]. The molecule has 0 saturated carbocycles. The highest BCUT2D eigenvalue weighted by molar-refractivity contribution is 7.38. The minimum absolute atomic E-state index is 0. The number of fused-ring (bicyclic) bond motifs is 1. The summed E-state index contributed by atoms with van der Waals surface area (Å²) in [7, 11) is -1.71. The predicted molar refractivity (Wildman–Crippen MR) is 75.7 cm³/mol. The largest absolute Gasteiger partial charge is 1.00 e. The van der Waals surface area contributed by atoms with Crippen LogP contribution in [0.2, 0.25) is 0 Å². The summed E-state index contributed by atoms with van der Waals surface area (Å²) in [6.07, 6.45) is 3.07. The molecule has 0 amide bonds. The molecule has 0 spiro atoms. The van der Waals surface area contributed by atoms with Gasteiger partial charge in [-0.15, -0.1) is 13.2 Å². The molecule has 1 aromatic heterocycles. The van der Waals surface area contributed by atoms with Crippen molar-refractivity contribution in [2.45, 2.75) is 45.0 Å². The molecule has 0 N–H and O–H groups in total. The molecule has 0 saturated heterocycles. The number of hydrogen-bond acceptors (Lipinski definition) is 0. The van der Waals surface area contributed by atoms with Gasteiger partial charge in [0.1, 0.15) is 0 Å². The summed E-state index contributed by atoms with van der Waals surface area (Å²) in [5.74, 6) is 0. The van der Waals surface area contributed by atoms with Gasteiger partial charge in [-0.05, 0) is 24.5 Å². The summed E-state index contributed by atoms with van der Waals surface area (Å²) in [6.45, 7) is 3.96. The first-order valence-electron chi connectivity index (χ1n) is 6.62. The summed E-state index contributed by atoms with van der Waals surface area (Å²) < 4.78 is 40.4. The van der Waals surface area contributed by atoms with Gasteiger partial charge in [0.2, 0.25) is 0 Å². The Hall–Kier alpha value is -0.740. The Balaban J connectivity index is 0.00000200. The highest BCUT2D eigenvalue weighted by atomic mass is 35.5. The number of alkyl halides is 3. The van der Waals surface area contributed by atoms with E-state index < -0.39 is 16.0 Å². The zero-order valence-electron chi connectivity index (χ0n) is 11.6. The average molecular weight is 323 g/mol. The molecule has 0 radical (unpaired) electrons. The predicted octanol–water partition coefficient (Wildman–Crippen LogP) is 2.97. The minimum atomic E-state index is -4.16. The molecule has 0 aliphatic carbocycles. The van der Waals surface area contributed by atoms with Gasteiger partial charge < -0.3 is 12.4 Å². The first-order chi connectivity index (χ1) is 8.97. The molecule has 1 unspecified atom stereocenters. The molecule has 0 bridgehead atoms. The third kappa shape index (κ3) is 3.47. The lowest BCUT2D eigenvalue weighted by molar-refractivity contribution is -0.0867. The number of halogens is 4. The summed E-state index contributed by atoms with van der Waals surface area (Å²) in [5, 5.41) is 0.754. The van der Waals surface area contributed by atoms with E-state index in [0.717, 1.165) is 30.2 Å². The van der Waals surface area contributed by atoms with Crippen LogP contribution in [0.25, 0.3) is 10.1 Å². The van der Waals surface area contributed by atoms with Crippen LogP contribution in [0.4, 0.5) is 13.2 Å². The molecule has 112 valence electrons. The second-order valence-electron chi connectivity index (χ2n) is 4.73. The third-order valence-electron chi connectivity index (χ3n) is 3.14. The molecule has 5 heteroatoms. The molecule has 1 atom stereocenters. The summed E-state index contributed by atoms with van der Waals surface area (Å²) in [5.41, 5.74) is -3.15. The maximum Gasteiger partial charge on any atom is 0.600 e. The molecule has 0 nitrogen and oxygen atoms in total. The van der Waals surface area contributed by atoms with Gasteiger partial charge in [0, 0.05) is 23.9 Å². The highest BCUT2D eigenvalue weighted by Crippen LogP contribution is 2.51. The summed E-state index contributed by atoms with van der Waals surface area (Å²) in [4.78, 5) is 0.540. The Labute approximate surface area is 126 Å².